The van der Waals surface area contributed by atoms with Gasteiger partial charge < -0.3 is 4.74 Å². The molecule has 5 heteroatoms. The maximum Gasteiger partial charge on any atom is 0.327 e. The molecular weight excluding hydrogens is 182 g/mol. The van der Waals surface area contributed by atoms with E-state index in [1.165, 1.54) is 7.11 Å². The fourth-order valence-corrected chi connectivity index (χ4v) is 0.991. The zero-order valence-corrected chi connectivity index (χ0v) is 8.07. The van der Waals surface area contributed by atoms with Crippen LogP contribution in [-0.2, 0) is 9.53 Å². The van der Waals surface area contributed by atoms with Crippen molar-refractivity contribution >= 4 is 36.9 Å². The van der Waals surface area contributed by atoms with Crippen LogP contribution in [0.4, 0.5) is 0 Å². The number of rotatable bonds is 4. The van der Waals surface area contributed by atoms with E-state index >= 15 is 0 Å². The number of hydrogen-bond acceptors (Lipinski definition) is 5. The number of carbonyl (C=O) groups excluding carboxylic acids is 1. The lowest BCUT2D eigenvalue weighted by Crippen LogP contribution is -2.09. The number of thiol groups is 2. The summed E-state index contributed by atoms with van der Waals surface area (Å²) in [5, 5.41) is 0. The number of ether oxygens (including phenoxy) is 1. The average molecular weight is 193 g/mol. The van der Waals surface area contributed by atoms with Gasteiger partial charge in [-0.1, -0.05) is 0 Å². The smallest absolute Gasteiger partial charge is 0.327 e. The van der Waals surface area contributed by atoms with Crippen LogP contribution in [0.25, 0.3) is 0 Å². The molecule has 0 rings (SSSR count). The van der Waals surface area contributed by atoms with E-state index in [0.717, 1.165) is 5.71 Å². The first-order valence-corrected chi connectivity index (χ1v) is 4.31. The summed E-state index contributed by atoms with van der Waals surface area (Å²) in [6.45, 7) is 0.0625. The van der Waals surface area contributed by atoms with E-state index in [0.29, 0.717) is 11.5 Å². The topological polar surface area (TPSA) is 38.7 Å². The number of hydrogen-bond donors (Lipinski definition) is 2. The second-order valence-electron chi connectivity index (χ2n) is 1.77. The van der Waals surface area contributed by atoms with Crippen LogP contribution in [0.5, 0.6) is 0 Å². The van der Waals surface area contributed by atoms with Crippen molar-refractivity contribution in [2.24, 2.45) is 4.99 Å². The number of methoxy groups -OCH3 is 1. The van der Waals surface area contributed by atoms with Crippen molar-refractivity contribution in [1.82, 2.24) is 0 Å². The van der Waals surface area contributed by atoms with Gasteiger partial charge in [-0.15, -0.1) is 0 Å². The second-order valence-corrected chi connectivity index (χ2v) is 2.41. The van der Waals surface area contributed by atoms with E-state index in [1.54, 1.807) is 0 Å². The van der Waals surface area contributed by atoms with Crippen LogP contribution in [0.1, 0.15) is 0 Å². The first kappa shape index (κ1) is 10.8. The van der Waals surface area contributed by atoms with Crippen molar-refractivity contribution in [3.8, 4) is 0 Å². The maximum absolute atomic E-state index is 10.6. The highest BCUT2D eigenvalue weighted by molar-refractivity contribution is 7.82. The molecule has 0 aliphatic rings. The fourth-order valence-electron chi connectivity index (χ4n) is 0.391. The molecule has 0 aromatic carbocycles. The zero-order chi connectivity index (χ0) is 8.69. The fraction of sp³-hybridized carbons (Fsp3) is 0.667. The maximum atomic E-state index is 10.6. The van der Waals surface area contributed by atoms with Gasteiger partial charge in [0.15, 0.2) is 0 Å². The number of aliphatic imine (C=N–C) groups is 1. The highest BCUT2D eigenvalue weighted by Crippen LogP contribution is 1.88. The van der Waals surface area contributed by atoms with Gasteiger partial charge in [-0.25, -0.2) is 0 Å². The van der Waals surface area contributed by atoms with Crippen molar-refractivity contribution in [3.05, 3.63) is 0 Å². The minimum atomic E-state index is -0.342. The zero-order valence-electron chi connectivity index (χ0n) is 6.28. The Morgan fingerprint density at radius 2 is 2.00 bits per heavy atom. The molecule has 0 N–H and O–H groups in total. The van der Waals surface area contributed by atoms with Gasteiger partial charge in [0.1, 0.15) is 6.54 Å². The van der Waals surface area contributed by atoms with Crippen molar-refractivity contribution in [2.75, 3.05) is 25.2 Å². The summed E-state index contributed by atoms with van der Waals surface area (Å²) >= 11 is 7.99. The van der Waals surface area contributed by atoms with Crippen LogP contribution in [-0.4, -0.2) is 36.8 Å². The predicted octanol–water partition coefficient (Wildman–Crippen LogP) is 0.460. The Morgan fingerprint density at radius 3 is 2.36 bits per heavy atom. The molecule has 0 amide bonds. The third-order valence-electron chi connectivity index (χ3n) is 1.02. The lowest BCUT2D eigenvalue weighted by Gasteiger charge is -1.97. The van der Waals surface area contributed by atoms with Crippen molar-refractivity contribution in [1.29, 1.82) is 0 Å². The third kappa shape index (κ3) is 5.15. The summed E-state index contributed by atoms with van der Waals surface area (Å²) < 4.78 is 4.39. The van der Waals surface area contributed by atoms with Gasteiger partial charge in [0, 0.05) is 17.2 Å². The molecule has 0 aliphatic carbocycles. The normalized spacial score (nSPS) is 9.00. The van der Waals surface area contributed by atoms with Crippen LogP contribution in [0.3, 0.4) is 0 Å². The number of carbonyl (C=O) groups is 1. The lowest BCUT2D eigenvalue weighted by molar-refractivity contribution is -0.138. The molecular formula is C6H11NO2S2. The Hall–Kier alpha value is -0.160. The Kier molecular flexibility index (Phi) is 6.45. The molecule has 0 bridgehead atoms. The van der Waals surface area contributed by atoms with E-state index in [2.05, 4.69) is 35.0 Å². The lowest BCUT2D eigenvalue weighted by atomic mass is 10.5. The summed E-state index contributed by atoms with van der Waals surface area (Å²) in [5.74, 6) is 0.715. The van der Waals surface area contributed by atoms with E-state index in [1.807, 2.05) is 0 Å². The molecule has 0 fully saturated rings. The number of esters is 1. The molecule has 0 heterocycles. The minimum absolute atomic E-state index is 0.0625. The number of nitrogens with zero attached hydrogens (tertiary/aromatic N) is 1. The molecule has 0 aromatic heterocycles. The Balaban J connectivity index is 3.78. The molecule has 11 heavy (non-hydrogen) atoms. The summed E-state index contributed by atoms with van der Waals surface area (Å²) in [4.78, 5) is 14.5. The van der Waals surface area contributed by atoms with E-state index in [9.17, 15) is 4.79 Å². The minimum Gasteiger partial charge on any atom is -0.468 e. The summed E-state index contributed by atoms with van der Waals surface area (Å²) in [6.07, 6.45) is 0. The van der Waals surface area contributed by atoms with Gasteiger partial charge in [-0.05, 0) is 0 Å². The highest BCUT2D eigenvalue weighted by Gasteiger charge is 1.98. The summed E-state index contributed by atoms with van der Waals surface area (Å²) in [6, 6.07) is 0. The first-order valence-electron chi connectivity index (χ1n) is 3.05. The van der Waals surface area contributed by atoms with E-state index < -0.39 is 0 Å². The third-order valence-corrected chi connectivity index (χ3v) is 1.75. The van der Waals surface area contributed by atoms with Crippen LogP contribution in [0.15, 0.2) is 4.99 Å². The van der Waals surface area contributed by atoms with Crippen LogP contribution < -0.4 is 0 Å². The molecule has 0 aromatic rings. The average Bonchev–Trinajstić information content (AvgIpc) is 2.06. The Morgan fingerprint density at radius 1 is 1.45 bits per heavy atom. The molecule has 0 atom stereocenters. The van der Waals surface area contributed by atoms with E-state index in [-0.39, 0.29) is 12.5 Å². The second kappa shape index (κ2) is 6.54. The quantitative estimate of drug-likeness (QED) is 0.387. The predicted molar refractivity (Wildman–Crippen MR) is 52.0 cm³/mol. The van der Waals surface area contributed by atoms with Gasteiger partial charge in [0.2, 0.25) is 0 Å². The molecule has 0 aliphatic heterocycles. The molecule has 64 valence electrons. The van der Waals surface area contributed by atoms with Gasteiger partial charge in [0.05, 0.1) is 7.11 Å². The van der Waals surface area contributed by atoms with Crippen molar-refractivity contribution in [2.45, 2.75) is 0 Å². The molecule has 0 saturated carbocycles. The molecule has 0 unspecified atom stereocenters. The van der Waals surface area contributed by atoms with Crippen molar-refractivity contribution in [3.63, 3.8) is 0 Å². The molecule has 0 radical (unpaired) electrons. The van der Waals surface area contributed by atoms with Gasteiger partial charge in [0.25, 0.3) is 0 Å². The largest absolute Gasteiger partial charge is 0.468 e. The van der Waals surface area contributed by atoms with Crippen LogP contribution >= 0.6 is 25.3 Å². The SMILES string of the molecule is COC(=O)CN=C(CS)CS. The first-order chi connectivity index (χ1) is 5.24. The summed E-state index contributed by atoms with van der Waals surface area (Å²) in [7, 11) is 1.33. The van der Waals surface area contributed by atoms with Crippen LogP contribution in [0.2, 0.25) is 0 Å². The Labute approximate surface area is 77.0 Å². The van der Waals surface area contributed by atoms with Gasteiger partial charge in [-0.2, -0.15) is 25.3 Å². The standard InChI is InChI=1S/C6H11NO2S2/c1-9-6(8)2-7-5(3-10)4-11/h10-11H,2-4H2,1H3. The molecule has 0 spiro atoms. The molecule has 0 saturated heterocycles. The summed E-state index contributed by atoms with van der Waals surface area (Å²) in [5.41, 5.74) is 0.794. The van der Waals surface area contributed by atoms with Gasteiger partial charge >= 0.3 is 5.97 Å². The molecule has 3 nitrogen and oxygen atoms in total. The Bertz CT molecular complexity index is 153. The van der Waals surface area contributed by atoms with E-state index in [4.69, 9.17) is 0 Å². The monoisotopic (exact) mass is 193 g/mol. The van der Waals surface area contributed by atoms with Crippen molar-refractivity contribution < 1.29 is 9.53 Å². The van der Waals surface area contributed by atoms with Crippen LogP contribution in [0, 0.1) is 0 Å². The highest BCUT2D eigenvalue weighted by atomic mass is 32.1. The van der Waals surface area contributed by atoms with Gasteiger partial charge in [-0.3, -0.25) is 9.79 Å².